The van der Waals surface area contributed by atoms with Crippen molar-refractivity contribution >= 4 is 46.7 Å². The third-order valence-electron chi connectivity index (χ3n) is 7.40. The minimum atomic E-state index is -0.714. The molecule has 1 saturated heterocycles. The number of rotatable bonds is 6. The van der Waals surface area contributed by atoms with Gasteiger partial charge in [0.05, 0.1) is 16.6 Å². The van der Waals surface area contributed by atoms with Gasteiger partial charge in [-0.3, -0.25) is 9.59 Å². The number of piperidine rings is 1. The smallest absolute Gasteiger partial charge is 0.270 e. The van der Waals surface area contributed by atoms with Crippen molar-refractivity contribution in [2.24, 2.45) is 11.5 Å². The summed E-state index contributed by atoms with van der Waals surface area (Å²) in [6, 6.07) is 12.8. The van der Waals surface area contributed by atoms with Crippen LogP contribution >= 0.6 is 23.4 Å². The van der Waals surface area contributed by atoms with Crippen LogP contribution in [0.1, 0.15) is 52.3 Å². The highest BCUT2D eigenvalue weighted by molar-refractivity contribution is 7.99. The van der Waals surface area contributed by atoms with Gasteiger partial charge in [-0.05, 0) is 18.2 Å². The highest BCUT2D eigenvalue weighted by Gasteiger charge is 2.48. The van der Waals surface area contributed by atoms with Gasteiger partial charge in [0.25, 0.3) is 5.91 Å². The van der Waals surface area contributed by atoms with Crippen molar-refractivity contribution in [2.45, 2.75) is 41.3 Å². The number of ketones is 1. The van der Waals surface area contributed by atoms with E-state index in [1.54, 1.807) is 18.2 Å². The molecule has 2 aliphatic heterocycles. The zero-order valence-corrected chi connectivity index (χ0v) is 23.5. The second-order valence-electron chi connectivity index (χ2n) is 9.93. The second kappa shape index (κ2) is 10.4. The normalized spacial score (nSPS) is 17.3. The molecule has 1 amide bonds. The Morgan fingerprint density at radius 2 is 1.85 bits per heavy atom. The summed E-state index contributed by atoms with van der Waals surface area (Å²) in [5.41, 5.74) is 19.4. The number of para-hydroxylation sites is 1. The van der Waals surface area contributed by atoms with E-state index in [4.69, 9.17) is 38.0 Å². The quantitative estimate of drug-likeness (QED) is 0.273. The number of nitrogen functional groups attached to an aromatic ring is 1. The van der Waals surface area contributed by atoms with E-state index >= 15 is 0 Å². The zero-order chi connectivity index (χ0) is 28.9. The molecule has 0 radical (unpaired) electrons. The van der Waals surface area contributed by atoms with Crippen LogP contribution in [0.5, 0.6) is 5.75 Å². The third kappa shape index (κ3) is 4.77. The fourth-order valence-corrected chi connectivity index (χ4v) is 6.40. The van der Waals surface area contributed by atoms with Crippen LogP contribution in [0.3, 0.4) is 0 Å². The topological polar surface area (TPSA) is 176 Å². The number of aromatic nitrogens is 3. The van der Waals surface area contributed by atoms with E-state index in [1.807, 2.05) is 29.2 Å². The average molecular weight is 592 g/mol. The van der Waals surface area contributed by atoms with Crippen LogP contribution in [-0.2, 0) is 0 Å². The van der Waals surface area contributed by atoms with Crippen molar-refractivity contribution in [1.29, 1.82) is 0 Å². The van der Waals surface area contributed by atoms with Crippen molar-refractivity contribution in [1.82, 2.24) is 15.0 Å². The number of primary amides is 1. The summed E-state index contributed by atoms with van der Waals surface area (Å²) in [5.74, 6) is 0.592. The van der Waals surface area contributed by atoms with Gasteiger partial charge in [0.2, 0.25) is 5.89 Å². The standard InChI is InChI=1S/C28H26ClN7O4S/c1-14(37)21-25(36-11-9-28(10-12-36)22(30)15-5-2-3-7-18(15)40-28)35-23(31)27(34-21)41-19-8-4-6-16(20(19)29)26-33-17(13-39-26)24(32)38/h2-8,13,22H,9-12,30H2,1H3,(H2,31,35)(H2,32,38)/t22-/m1/s1. The molecule has 2 aromatic carbocycles. The summed E-state index contributed by atoms with van der Waals surface area (Å²) in [5, 5.41) is 0.633. The first-order valence-corrected chi connectivity index (χ1v) is 14.1. The number of oxazole rings is 1. The summed E-state index contributed by atoms with van der Waals surface area (Å²) < 4.78 is 11.7. The molecular formula is C28H26ClN7O4S. The van der Waals surface area contributed by atoms with Crippen molar-refractivity contribution in [2.75, 3.05) is 23.7 Å². The van der Waals surface area contributed by atoms with Gasteiger partial charge in [-0.15, -0.1) is 0 Å². The molecular weight excluding hydrogens is 566 g/mol. The maximum atomic E-state index is 12.7. The monoisotopic (exact) mass is 591 g/mol. The summed E-state index contributed by atoms with van der Waals surface area (Å²) in [7, 11) is 0. The lowest BCUT2D eigenvalue weighted by Crippen LogP contribution is -2.52. The first kappa shape index (κ1) is 27.1. The van der Waals surface area contributed by atoms with Gasteiger partial charge in [-0.1, -0.05) is 47.6 Å². The lowest BCUT2D eigenvalue weighted by molar-refractivity contribution is 0.0430. The number of ether oxygens (including phenoxy) is 1. The molecule has 41 heavy (non-hydrogen) atoms. The molecule has 1 spiro atoms. The maximum Gasteiger partial charge on any atom is 0.270 e. The minimum absolute atomic E-state index is 0.0134. The molecule has 4 heterocycles. The Labute approximate surface area is 244 Å². The fraction of sp³-hybridized carbons (Fsp3) is 0.250. The maximum absolute atomic E-state index is 12.7. The molecule has 0 bridgehead atoms. The molecule has 2 aromatic heterocycles. The van der Waals surface area contributed by atoms with Crippen LogP contribution in [0.15, 0.2) is 63.1 Å². The van der Waals surface area contributed by atoms with Gasteiger partial charge < -0.3 is 31.3 Å². The second-order valence-corrected chi connectivity index (χ2v) is 11.3. The van der Waals surface area contributed by atoms with Crippen LogP contribution in [0.25, 0.3) is 11.5 Å². The molecule has 0 aliphatic carbocycles. The number of Topliss-reactive ketones (excluding diaryl/α,β-unsaturated/α-hetero) is 1. The van der Waals surface area contributed by atoms with Crippen LogP contribution in [-0.4, -0.2) is 45.3 Å². The van der Waals surface area contributed by atoms with E-state index in [0.717, 1.165) is 23.1 Å². The van der Waals surface area contributed by atoms with E-state index in [2.05, 4.69) is 15.0 Å². The number of amides is 1. The lowest BCUT2D eigenvalue weighted by atomic mass is 9.83. The Bertz CT molecular complexity index is 1690. The Kier molecular flexibility index (Phi) is 6.84. The minimum Gasteiger partial charge on any atom is -0.485 e. The van der Waals surface area contributed by atoms with Gasteiger partial charge in [0.1, 0.15) is 28.3 Å². The van der Waals surface area contributed by atoms with Crippen LogP contribution in [0.4, 0.5) is 11.6 Å². The van der Waals surface area contributed by atoms with Crippen LogP contribution in [0, 0.1) is 0 Å². The fourth-order valence-electron chi connectivity index (χ4n) is 5.23. The summed E-state index contributed by atoms with van der Waals surface area (Å²) in [6.07, 6.45) is 2.47. The highest BCUT2D eigenvalue weighted by Crippen LogP contribution is 2.47. The number of hydrogen-bond acceptors (Lipinski definition) is 11. The summed E-state index contributed by atoms with van der Waals surface area (Å²) >= 11 is 7.83. The Morgan fingerprint density at radius 1 is 1.10 bits per heavy atom. The molecule has 210 valence electrons. The van der Waals surface area contributed by atoms with Gasteiger partial charge in [0.15, 0.2) is 23.1 Å². The van der Waals surface area contributed by atoms with E-state index < -0.39 is 11.5 Å². The Morgan fingerprint density at radius 3 is 2.54 bits per heavy atom. The average Bonchev–Trinajstić information content (AvgIpc) is 3.55. The SMILES string of the molecule is CC(=O)c1nc(Sc2cccc(-c3nc(C(N)=O)co3)c2Cl)c(N)nc1N1CCC2(CC1)Oc1ccccc1[C@H]2N. The number of hydrogen-bond donors (Lipinski definition) is 3. The zero-order valence-electron chi connectivity index (χ0n) is 22.0. The van der Waals surface area contributed by atoms with Crippen LogP contribution < -0.4 is 26.8 Å². The number of nitrogens with two attached hydrogens (primary N) is 3. The first-order valence-electron chi connectivity index (χ1n) is 12.9. The van der Waals surface area contributed by atoms with E-state index in [1.165, 1.54) is 13.2 Å². The molecule has 4 aromatic rings. The molecule has 0 unspecified atom stereocenters. The van der Waals surface area contributed by atoms with Gasteiger partial charge in [0, 0.05) is 43.3 Å². The van der Waals surface area contributed by atoms with E-state index in [0.29, 0.717) is 52.3 Å². The largest absolute Gasteiger partial charge is 0.485 e. The molecule has 1 fully saturated rings. The Hall–Kier alpha value is -4.13. The van der Waals surface area contributed by atoms with Gasteiger partial charge in [-0.2, -0.15) is 0 Å². The number of anilines is 2. The number of carbonyl (C=O) groups is 2. The van der Waals surface area contributed by atoms with Crippen molar-refractivity contribution in [3.63, 3.8) is 0 Å². The molecule has 1 atom stereocenters. The molecule has 6 N–H and O–H groups in total. The van der Waals surface area contributed by atoms with E-state index in [-0.39, 0.29) is 34.9 Å². The summed E-state index contributed by atoms with van der Waals surface area (Å²) in [6.45, 7) is 2.59. The van der Waals surface area contributed by atoms with Gasteiger partial charge in [-0.25, -0.2) is 15.0 Å². The van der Waals surface area contributed by atoms with Crippen LogP contribution in [0.2, 0.25) is 5.02 Å². The molecule has 11 nitrogen and oxygen atoms in total. The number of carbonyl (C=O) groups excluding carboxylic acids is 2. The lowest BCUT2D eigenvalue weighted by Gasteiger charge is -2.41. The number of benzene rings is 2. The predicted molar refractivity (Wildman–Crippen MR) is 154 cm³/mol. The molecule has 0 saturated carbocycles. The van der Waals surface area contributed by atoms with Crippen molar-refractivity contribution in [3.05, 3.63) is 70.7 Å². The predicted octanol–water partition coefficient (Wildman–Crippen LogP) is 4.25. The summed E-state index contributed by atoms with van der Waals surface area (Å²) in [4.78, 5) is 40.1. The first-order chi connectivity index (χ1) is 19.7. The van der Waals surface area contributed by atoms with E-state index in [9.17, 15) is 9.59 Å². The number of halogens is 1. The van der Waals surface area contributed by atoms with Crippen molar-refractivity contribution in [3.8, 4) is 17.2 Å². The molecule has 13 heteroatoms. The number of fused-ring (bicyclic) bond motifs is 1. The Balaban J connectivity index is 1.25. The number of nitrogens with zero attached hydrogens (tertiary/aromatic N) is 4. The van der Waals surface area contributed by atoms with Gasteiger partial charge >= 0.3 is 0 Å². The third-order valence-corrected chi connectivity index (χ3v) is 8.98. The van der Waals surface area contributed by atoms with Crippen molar-refractivity contribution < 1.29 is 18.7 Å². The molecule has 2 aliphatic rings. The molecule has 6 rings (SSSR count). The highest BCUT2D eigenvalue weighted by atomic mass is 35.5.